The molecule has 0 aliphatic rings. The summed E-state index contributed by atoms with van der Waals surface area (Å²) in [6.07, 6.45) is 0. The predicted octanol–water partition coefficient (Wildman–Crippen LogP) is 6.82. The summed E-state index contributed by atoms with van der Waals surface area (Å²) in [4.78, 5) is 0.449. The van der Waals surface area contributed by atoms with Gasteiger partial charge in [-0.05, 0) is 24.6 Å². The van der Waals surface area contributed by atoms with Crippen molar-refractivity contribution in [3.63, 3.8) is 0 Å². The number of aryl methyl sites for hydroxylation is 1. The molecule has 0 bridgehead atoms. The van der Waals surface area contributed by atoms with Crippen LogP contribution in [0, 0.1) is 6.92 Å². The summed E-state index contributed by atoms with van der Waals surface area (Å²) >= 11 is 30.9. The van der Waals surface area contributed by atoms with Crippen LogP contribution in [-0.4, -0.2) is 10.2 Å². The lowest BCUT2D eigenvalue weighted by molar-refractivity contribution is 0.460. The molecule has 0 radical (unpaired) electrons. The third-order valence-electron chi connectivity index (χ3n) is 2.64. The lowest BCUT2D eigenvalue weighted by atomic mass is 10.2. The van der Waals surface area contributed by atoms with E-state index in [1.807, 2.05) is 0 Å². The highest BCUT2D eigenvalue weighted by atomic mass is 35.5. The molecule has 0 saturated carbocycles. The zero-order valence-corrected chi connectivity index (χ0v) is 14.9. The summed E-state index contributed by atoms with van der Waals surface area (Å²) in [7, 11) is 0. The second-order valence-corrected chi connectivity index (χ2v) is 7.10. The van der Waals surface area contributed by atoms with Gasteiger partial charge in [-0.25, -0.2) is 0 Å². The molecule has 8 heteroatoms. The Hall–Kier alpha value is -0.160. The largest absolute Gasteiger partial charge is 0.505 e. The molecule has 0 aliphatic heterocycles. The van der Waals surface area contributed by atoms with Gasteiger partial charge in [0.25, 0.3) is 0 Å². The lowest BCUT2D eigenvalue weighted by Gasteiger charge is -2.14. The SMILES string of the molecule is Cc1cc(Cl)c(O)c(Sc2c(O)c(Cl)cc(Cl)c2Cl)c1Cl. The first-order valence-electron chi connectivity index (χ1n) is 5.46. The molecule has 0 unspecified atom stereocenters. The highest BCUT2D eigenvalue weighted by Crippen LogP contribution is 2.51. The average molecular weight is 405 g/mol. The van der Waals surface area contributed by atoms with Gasteiger partial charge in [0.15, 0.2) is 0 Å². The number of phenolic OH excluding ortho intramolecular Hbond substituents is 2. The van der Waals surface area contributed by atoms with Crippen LogP contribution in [0.2, 0.25) is 25.1 Å². The van der Waals surface area contributed by atoms with Crippen molar-refractivity contribution in [1.82, 2.24) is 0 Å². The number of phenols is 2. The van der Waals surface area contributed by atoms with Gasteiger partial charge in [-0.1, -0.05) is 69.8 Å². The Kier molecular flexibility index (Phi) is 5.35. The van der Waals surface area contributed by atoms with Crippen molar-refractivity contribution in [3.05, 3.63) is 42.8 Å². The van der Waals surface area contributed by atoms with Crippen molar-refractivity contribution in [2.75, 3.05) is 0 Å². The van der Waals surface area contributed by atoms with Crippen molar-refractivity contribution >= 4 is 69.8 Å². The minimum Gasteiger partial charge on any atom is -0.505 e. The van der Waals surface area contributed by atoms with E-state index in [1.54, 1.807) is 6.92 Å². The minimum atomic E-state index is -0.246. The van der Waals surface area contributed by atoms with Gasteiger partial charge < -0.3 is 10.2 Å². The smallest absolute Gasteiger partial charge is 0.149 e. The topological polar surface area (TPSA) is 40.5 Å². The number of aromatic hydroxyl groups is 2. The summed E-state index contributed by atoms with van der Waals surface area (Å²) in [6, 6.07) is 2.87. The maximum absolute atomic E-state index is 10.1. The first-order valence-corrected chi connectivity index (χ1v) is 8.16. The molecule has 0 spiro atoms. The Morgan fingerprint density at radius 3 is 1.81 bits per heavy atom. The molecule has 0 heterocycles. The molecule has 2 aromatic carbocycles. The molecule has 2 aromatic rings. The van der Waals surface area contributed by atoms with Crippen LogP contribution < -0.4 is 0 Å². The van der Waals surface area contributed by atoms with Crippen molar-refractivity contribution < 1.29 is 10.2 Å². The van der Waals surface area contributed by atoms with Crippen LogP contribution in [0.15, 0.2) is 21.9 Å². The predicted molar refractivity (Wildman–Crippen MR) is 90.1 cm³/mol. The Morgan fingerprint density at radius 2 is 1.24 bits per heavy atom. The molecular formula is C13H7Cl5O2S. The average Bonchev–Trinajstić information content (AvgIpc) is 2.42. The van der Waals surface area contributed by atoms with Crippen LogP contribution in [-0.2, 0) is 0 Å². The van der Waals surface area contributed by atoms with E-state index in [-0.39, 0.29) is 41.4 Å². The molecule has 21 heavy (non-hydrogen) atoms. The van der Waals surface area contributed by atoms with E-state index in [9.17, 15) is 10.2 Å². The zero-order valence-electron chi connectivity index (χ0n) is 10.3. The number of rotatable bonds is 2. The summed E-state index contributed by atoms with van der Waals surface area (Å²) in [5.74, 6) is -0.451. The van der Waals surface area contributed by atoms with Crippen LogP contribution in [0.5, 0.6) is 11.5 Å². The van der Waals surface area contributed by atoms with Gasteiger partial charge in [0.1, 0.15) is 11.5 Å². The zero-order chi connectivity index (χ0) is 15.9. The molecule has 0 aliphatic carbocycles. The normalized spacial score (nSPS) is 11.0. The summed E-state index contributed by atoms with van der Waals surface area (Å²) in [6.45, 7) is 1.74. The Morgan fingerprint density at radius 1 is 0.762 bits per heavy atom. The van der Waals surface area contributed by atoms with Gasteiger partial charge in [0.2, 0.25) is 0 Å². The number of hydrogen-bond donors (Lipinski definition) is 2. The van der Waals surface area contributed by atoms with E-state index in [0.717, 1.165) is 11.8 Å². The number of benzene rings is 2. The lowest BCUT2D eigenvalue weighted by Crippen LogP contribution is -1.86. The van der Waals surface area contributed by atoms with Gasteiger partial charge in [-0.15, -0.1) is 0 Å². The van der Waals surface area contributed by atoms with Crippen LogP contribution in [0.1, 0.15) is 5.56 Å². The highest BCUT2D eigenvalue weighted by Gasteiger charge is 2.21. The van der Waals surface area contributed by atoms with Gasteiger partial charge in [0.05, 0.1) is 34.9 Å². The molecule has 2 rings (SSSR count). The van der Waals surface area contributed by atoms with E-state index < -0.39 is 0 Å². The molecule has 0 fully saturated rings. The monoisotopic (exact) mass is 402 g/mol. The van der Waals surface area contributed by atoms with Crippen LogP contribution in [0.3, 0.4) is 0 Å². The summed E-state index contributed by atoms with van der Waals surface area (Å²) in [5, 5.41) is 20.9. The molecular weight excluding hydrogens is 397 g/mol. The molecule has 0 aromatic heterocycles. The van der Waals surface area contributed by atoms with Gasteiger partial charge in [-0.2, -0.15) is 0 Å². The third-order valence-corrected chi connectivity index (χ3v) is 5.92. The van der Waals surface area contributed by atoms with Crippen LogP contribution in [0.4, 0.5) is 0 Å². The van der Waals surface area contributed by atoms with E-state index in [4.69, 9.17) is 58.0 Å². The number of halogens is 5. The third kappa shape index (κ3) is 3.29. The fraction of sp³-hybridized carbons (Fsp3) is 0.0769. The minimum absolute atomic E-state index is 0.0428. The van der Waals surface area contributed by atoms with Crippen LogP contribution >= 0.6 is 69.8 Å². The Labute approximate surface area is 150 Å². The standard InChI is InChI=1S/C13H7Cl5O2S/c1-4-2-6(15)10(19)12(8(4)17)21-13-9(18)5(14)3-7(16)11(13)20/h2-3,19-20H,1H3. The van der Waals surface area contributed by atoms with Crippen LogP contribution in [0.25, 0.3) is 0 Å². The van der Waals surface area contributed by atoms with Crippen molar-refractivity contribution in [3.8, 4) is 11.5 Å². The van der Waals surface area contributed by atoms with E-state index in [1.165, 1.54) is 12.1 Å². The summed E-state index contributed by atoms with van der Waals surface area (Å²) < 4.78 is 0. The molecule has 0 atom stereocenters. The first-order chi connectivity index (χ1) is 9.73. The second-order valence-electron chi connectivity index (χ2n) is 4.10. The summed E-state index contributed by atoms with van der Waals surface area (Å²) in [5.41, 5.74) is 0.672. The maximum atomic E-state index is 10.1. The van der Waals surface area contributed by atoms with Crippen molar-refractivity contribution in [2.24, 2.45) is 0 Å². The Balaban J connectivity index is 2.64. The fourth-order valence-electron chi connectivity index (χ4n) is 1.57. The molecule has 112 valence electrons. The van der Waals surface area contributed by atoms with E-state index in [0.29, 0.717) is 10.6 Å². The van der Waals surface area contributed by atoms with E-state index >= 15 is 0 Å². The van der Waals surface area contributed by atoms with Gasteiger partial charge in [-0.3, -0.25) is 0 Å². The van der Waals surface area contributed by atoms with E-state index in [2.05, 4.69) is 0 Å². The second kappa shape index (κ2) is 6.53. The maximum Gasteiger partial charge on any atom is 0.149 e. The van der Waals surface area contributed by atoms with Crippen molar-refractivity contribution in [1.29, 1.82) is 0 Å². The number of hydrogen-bond acceptors (Lipinski definition) is 3. The quantitative estimate of drug-likeness (QED) is 0.539. The Bertz CT molecular complexity index is 619. The van der Waals surface area contributed by atoms with Gasteiger partial charge in [0, 0.05) is 0 Å². The van der Waals surface area contributed by atoms with Crippen molar-refractivity contribution in [2.45, 2.75) is 16.7 Å². The van der Waals surface area contributed by atoms with Gasteiger partial charge >= 0.3 is 0 Å². The first kappa shape index (κ1) is 17.2. The molecule has 2 nitrogen and oxygen atoms in total. The fourth-order valence-corrected chi connectivity index (χ4v) is 4.04. The highest BCUT2D eigenvalue weighted by molar-refractivity contribution is 7.99. The molecule has 0 amide bonds. The molecule has 0 saturated heterocycles. The molecule has 2 N–H and O–H groups in total.